The first-order chi connectivity index (χ1) is 24.9. The summed E-state index contributed by atoms with van der Waals surface area (Å²) in [5.74, 6) is 0.433. The van der Waals surface area contributed by atoms with Crippen LogP contribution >= 0.6 is 0 Å². The van der Waals surface area contributed by atoms with Crippen molar-refractivity contribution in [2.75, 3.05) is 13.2 Å². The van der Waals surface area contributed by atoms with Crippen LogP contribution in [0.5, 0.6) is 0 Å². The number of hydrogen-bond donors (Lipinski definition) is 1. The van der Waals surface area contributed by atoms with Crippen molar-refractivity contribution in [2.24, 2.45) is 17.8 Å². The van der Waals surface area contributed by atoms with Crippen LogP contribution in [0.1, 0.15) is 93.6 Å². The van der Waals surface area contributed by atoms with Crippen LogP contribution in [0, 0.1) is 17.8 Å². The fraction of sp³-hybridized carbons (Fsp3) is 0.600. The molecule has 0 aliphatic carbocycles. The van der Waals surface area contributed by atoms with Crippen molar-refractivity contribution >= 4 is 27.0 Å². The average Bonchev–Trinajstić information content (AvgIpc) is 3.67. The Balaban J connectivity index is 1.40. The van der Waals surface area contributed by atoms with Gasteiger partial charge in [-0.25, -0.2) is 0 Å². The molecular formula is C45H70O5Si2. The van der Waals surface area contributed by atoms with Crippen LogP contribution in [0.15, 0.2) is 91.0 Å². The van der Waals surface area contributed by atoms with Gasteiger partial charge in [0.05, 0.1) is 24.9 Å². The van der Waals surface area contributed by atoms with Crippen LogP contribution in [0.3, 0.4) is 0 Å². The van der Waals surface area contributed by atoms with Crippen LogP contribution in [0.4, 0.5) is 0 Å². The van der Waals surface area contributed by atoms with Gasteiger partial charge in [0, 0.05) is 25.2 Å². The van der Waals surface area contributed by atoms with Gasteiger partial charge in [0.15, 0.2) is 8.32 Å². The number of hydrogen-bond acceptors (Lipinski definition) is 5. The molecule has 3 aromatic carbocycles. The molecule has 5 nitrogen and oxygen atoms in total. The van der Waals surface area contributed by atoms with Crippen molar-refractivity contribution in [3.63, 3.8) is 0 Å². The van der Waals surface area contributed by atoms with Gasteiger partial charge in [-0.05, 0) is 76.6 Å². The third kappa shape index (κ3) is 10.6. The van der Waals surface area contributed by atoms with Crippen LogP contribution < -0.4 is 10.4 Å². The monoisotopic (exact) mass is 746 g/mol. The molecule has 1 unspecified atom stereocenters. The Kier molecular flexibility index (Phi) is 16.4. The molecule has 0 bridgehead atoms. The Morgan fingerprint density at radius 3 is 1.79 bits per heavy atom. The molecule has 0 aromatic heterocycles. The van der Waals surface area contributed by atoms with Gasteiger partial charge < -0.3 is 23.4 Å². The minimum absolute atomic E-state index is 0.0416. The molecule has 52 heavy (non-hydrogen) atoms. The summed E-state index contributed by atoms with van der Waals surface area (Å²) in [6.45, 7) is 22.6. The van der Waals surface area contributed by atoms with E-state index in [2.05, 4.69) is 147 Å². The van der Waals surface area contributed by atoms with Crippen LogP contribution in [0.2, 0.25) is 23.2 Å². The molecule has 0 radical (unpaired) electrons. The minimum atomic E-state index is -2.64. The van der Waals surface area contributed by atoms with Gasteiger partial charge in [-0.3, -0.25) is 0 Å². The largest absolute Gasteiger partial charge is 0.414 e. The third-order valence-corrected chi connectivity index (χ3v) is 21.9. The lowest BCUT2D eigenvalue weighted by Crippen LogP contribution is -2.67. The van der Waals surface area contributed by atoms with Gasteiger partial charge in [-0.15, -0.1) is 0 Å². The third-order valence-electron chi connectivity index (χ3n) is 12.3. The van der Waals surface area contributed by atoms with Gasteiger partial charge in [0.1, 0.15) is 0 Å². The number of aliphatic hydroxyl groups excluding tert-OH is 1. The van der Waals surface area contributed by atoms with E-state index in [1.165, 1.54) is 15.9 Å². The Labute approximate surface area is 319 Å². The smallest absolute Gasteiger partial charge is 0.261 e. The zero-order valence-electron chi connectivity index (χ0n) is 33.9. The molecule has 0 saturated carbocycles. The Morgan fingerprint density at radius 1 is 0.750 bits per heavy atom. The highest BCUT2D eigenvalue weighted by molar-refractivity contribution is 6.99. The van der Waals surface area contributed by atoms with E-state index >= 15 is 0 Å². The van der Waals surface area contributed by atoms with E-state index in [4.69, 9.17) is 18.3 Å². The maximum atomic E-state index is 11.9. The lowest BCUT2D eigenvalue weighted by molar-refractivity contribution is -0.0872. The molecule has 1 fully saturated rings. The lowest BCUT2D eigenvalue weighted by Gasteiger charge is -2.44. The lowest BCUT2D eigenvalue weighted by atomic mass is 9.82. The van der Waals surface area contributed by atoms with Crippen LogP contribution in [-0.4, -0.2) is 59.4 Å². The van der Waals surface area contributed by atoms with Crippen molar-refractivity contribution in [3.05, 3.63) is 96.6 Å². The maximum Gasteiger partial charge on any atom is 0.261 e. The quantitative estimate of drug-likeness (QED) is 0.0870. The highest BCUT2D eigenvalue weighted by atomic mass is 28.4. The standard InChI is InChI=1S/C45H70O5Si2/c1-10-51(11-2,12-3)50-42(29-22-32-47-34-38-23-16-13-17-24-38)36(5)37(6)44(46)43-31-30-41(49-43)35(4)33-48-52(45(7,8)9,39-25-18-14-19-26-39)40-27-20-15-21-28-40/h13-21,23-28,35-37,41-44,46H,10-12,22,29-34H2,1-9H3/t35-,36-,37?,41+,42+,43-,44-/m0/s1. The maximum absolute atomic E-state index is 11.9. The molecule has 4 rings (SSSR count). The molecule has 7 heteroatoms. The Hall–Kier alpha value is -2.11. The molecule has 0 amide bonds. The van der Waals surface area contributed by atoms with Crippen molar-refractivity contribution < 1.29 is 23.4 Å². The van der Waals surface area contributed by atoms with E-state index in [0.717, 1.165) is 43.8 Å². The summed E-state index contributed by atoms with van der Waals surface area (Å²) in [5, 5.41) is 14.4. The first kappa shape index (κ1) is 42.6. The highest BCUT2D eigenvalue weighted by Gasteiger charge is 2.51. The van der Waals surface area contributed by atoms with Crippen LogP contribution in [-0.2, 0) is 24.9 Å². The summed E-state index contributed by atoms with van der Waals surface area (Å²) in [6, 6.07) is 35.4. The first-order valence-electron chi connectivity index (χ1n) is 20.3. The molecule has 1 aliphatic heterocycles. The molecule has 288 valence electrons. The minimum Gasteiger partial charge on any atom is -0.414 e. The summed E-state index contributed by atoms with van der Waals surface area (Å²) in [7, 11) is -4.49. The molecule has 7 atom stereocenters. The summed E-state index contributed by atoms with van der Waals surface area (Å²) in [4.78, 5) is 0. The molecule has 1 N–H and O–H groups in total. The van der Waals surface area contributed by atoms with Crippen molar-refractivity contribution in [1.29, 1.82) is 0 Å². The van der Waals surface area contributed by atoms with Crippen molar-refractivity contribution in [1.82, 2.24) is 0 Å². The number of rotatable bonds is 21. The van der Waals surface area contributed by atoms with E-state index in [0.29, 0.717) is 19.8 Å². The SMILES string of the molecule is CC[Si](CC)(CC)O[C@H](CCCOCc1ccccc1)[C@@H](C)C(C)[C@H](O)[C@@H]1CC[C@H]([C@@H](C)CO[Si](c2ccccc2)(c2ccccc2)C(C)(C)C)O1. The highest BCUT2D eigenvalue weighted by Crippen LogP contribution is 2.39. The Morgan fingerprint density at radius 2 is 1.27 bits per heavy atom. The van der Waals surface area contributed by atoms with E-state index in [-0.39, 0.29) is 41.1 Å². The molecule has 1 aliphatic rings. The molecular weight excluding hydrogens is 677 g/mol. The fourth-order valence-corrected chi connectivity index (χ4v) is 16.0. The normalized spacial score (nSPS) is 20.0. The topological polar surface area (TPSA) is 57.2 Å². The van der Waals surface area contributed by atoms with E-state index < -0.39 is 22.7 Å². The Bertz CT molecular complexity index is 1360. The van der Waals surface area contributed by atoms with Gasteiger partial charge in [-0.1, -0.05) is 153 Å². The second-order valence-corrected chi connectivity index (χ2v) is 25.6. The van der Waals surface area contributed by atoms with E-state index in [1.807, 2.05) is 6.07 Å². The van der Waals surface area contributed by atoms with Gasteiger partial charge >= 0.3 is 0 Å². The summed E-state index contributed by atoms with van der Waals surface area (Å²) >= 11 is 0. The van der Waals surface area contributed by atoms with Crippen molar-refractivity contribution in [2.45, 2.75) is 142 Å². The second kappa shape index (κ2) is 20.0. The molecule has 0 spiro atoms. The zero-order valence-corrected chi connectivity index (χ0v) is 35.9. The predicted octanol–water partition coefficient (Wildman–Crippen LogP) is 9.77. The number of benzene rings is 3. The van der Waals surface area contributed by atoms with Crippen molar-refractivity contribution in [3.8, 4) is 0 Å². The fourth-order valence-electron chi connectivity index (χ4n) is 8.37. The zero-order chi connectivity index (χ0) is 37.8. The van der Waals surface area contributed by atoms with E-state index in [1.54, 1.807) is 0 Å². The molecule has 3 aromatic rings. The summed E-state index contributed by atoms with van der Waals surface area (Å²) in [6.07, 6.45) is 3.09. The number of ether oxygens (including phenoxy) is 2. The van der Waals surface area contributed by atoms with E-state index in [9.17, 15) is 5.11 Å². The summed E-state index contributed by atoms with van der Waals surface area (Å²) < 4.78 is 27.3. The predicted molar refractivity (Wildman–Crippen MR) is 222 cm³/mol. The molecule has 1 heterocycles. The van der Waals surface area contributed by atoms with Gasteiger partial charge in [0.25, 0.3) is 8.32 Å². The van der Waals surface area contributed by atoms with Gasteiger partial charge in [-0.2, -0.15) is 0 Å². The van der Waals surface area contributed by atoms with Gasteiger partial charge in [0.2, 0.25) is 0 Å². The average molecular weight is 747 g/mol. The summed E-state index contributed by atoms with van der Waals surface area (Å²) in [5.41, 5.74) is 1.20. The number of aliphatic hydroxyl groups is 1. The van der Waals surface area contributed by atoms with Crippen LogP contribution in [0.25, 0.3) is 0 Å². The molecule has 1 saturated heterocycles. The second-order valence-electron chi connectivity index (χ2n) is 16.5. The first-order valence-corrected chi connectivity index (χ1v) is 24.7.